The van der Waals surface area contributed by atoms with Crippen LogP contribution in [0, 0.1) is 0 Å². The summed E-state index contributed by atoms with van der Waals surface area (Å²) in [5.74, 6) is -0.893. The maximum Gasteiger partial charge on any atom is 0.306 e. The molecule has 0 aliphatic heterocycles. The fraction of sp³-hybridized carbons (Fsp3) is 0.843. The van der Waals surface area contributed by atoms with Gasteiger partial charge in [-0.25, -0.2) is 0 Å². The molecule has 0 aromatic rings. The summed E-state index contributed by atoms with van der Waals surface area (Å²) in [5, 5.41) is 0. The molecular weight excluding hydrogens is 937 g/mol. The quantitative estimate of drug-likeness (QED) is 0.0261. The number of allylic oxidation sites excluding steroid dienone is 8. The highest BCUT2D eigenvalue weighted by Crippen LogP contribution is 2.18. The van der Waals surface area contributed by atoms with Gasteiger partial charge in [-0.2, -0.15) is 0 Å². The summed E-state index contributed by atoms with van der Waals surface area (Å²) in [6.45, 7) is 6.54. The van der Waals surface area contributed by atoms with E-state index in [1.54, 1.807) is 0 Å². The number of esters is 3. The van der Waals surface area contributed by atoms with Crippen LogP contribution in [-0.2, 0) is 28.6 Å². The monoisotopic (exact) mass is 1060 g/mol. The maximum absolute atomic E-state index is 12.8. The molecule has 1 unspecified atom stereocenters. The van der Waals surface area contributed by atoms with Gasteiger partial charge in [0.1, 0.15) is 13.2 Å². The first-order valence-corrected chi connectivity index (χ1v) is 33.6. The molecule has 0 rings (SSSR count). The number of unbranched alkanes of at least 4 members (excludes halogenated alkanes) is 43. The van der Waals surface area contributed by atoms with Gasteiger partial charge < -0.3 is 14.2 Å². The molecule has 76 heavy (non-hydrogen) atoms. The molecule has 6 nitrogen and oxygen atoms in total. The van der Waals surface area contributed by atoms with Crippen molar-refractivity contribution in [3.63, 3.8) is 0 Å². The van der Waals surface area contributed by atoms with E-state index in [0.29, 0.717) is 19.3 Å². The molecule has 0 heterocycles. The fourth-order valence-electron chi connectivity index (χ4n) is 9.99. The Morgan fingerprint density at radius 1 is 0.263 bits per heavy atom. The number of ether oxygens (including phenoxy) is 3. The van der Waals surface area contributed by atoms with Crippen LogP contribution >= 0.6 is 0 Å². The van der Waals surface area contributed by atoms with E-state index >= 15 is 0 Å². The van der Waals surface area contributed by atoms with E-state index in [0.717, 1.165) is 116 Å². The van der Waals surface area contributed by atoms with Crippen molar-refractivity contribution in [3.8, 4) is 0 Å². The average Bonchev–Trinajstić information content (AvgIpc) is 3.42. The Balaban J connectivity index is 4.07. The first-order valence-electron chi connectivity index (χ1n) is 33.6. The van der Waals surface area contributed by atoms with Crippen LogP contribution in [0.3, 0.4) is 0 Å². The maximum atomic E-state index is 12.8. The zero-order valence-electron chi connectivity index (χ0n) is 51.0. The summed E-state index contributed by atoms with van der Waals surface area (Å²) in [6.07, 6.45) is 81.6. The number of hydrogen-bond acceptors (Lipinski definition) is 6. The lowest BCUT2D eigenvalue weighted by atomic mass is 10.0. The highest BCUT2D eigenvalue weighted by atomic mass is 16.6. The predicted octanol–water partition coefficient (Wildman–Crippen LogP) is 22.9. The van der Waals surface area contributed by atoms with Crippen molar-refractivity contribution < 1.29 is 28.6 Å². The molecule has 0 bridgehead atoms. The molecule has 0 fully saturated rings. The summed E-state index contributed by atoms with van der Waals surface area (Å²) in [4.78, 5) is 38.2. The first kappa shape index (κ1) is 73.4. The topological polar surface area (TPSA) is 78.9 Å². The summed E-state index contributed by atoms with van der Waals surface area (Å²) in [7, 11) is 0. The molecular formula is C70H128O6. The zero-order chi connectivity index (χ0) is 55.0. The first-order chi connectivity index (χ1) is 37.5. The molecule has 0 amide bonds. The van der Waals surface area contributed by atoms with Crippen LogP contribution in [0.25, 0.3) is 0 Å². The molecule has 1 atom stereocenters. The molecule has 0 saturated carbocycles. The van der Waals surface area contributed by atoms with Crippen molar-refractivity contribution >= 4 is 17.9 Å². The molecule has 0 aromatic heterocycles. The van der Waals surface area contributed by atoms with E-state index < -0.39 is 6.10 Å². The Hall–Kier alpha value is -2.63. The molecule has 0 N–H and O–H groups in total. The number of rotatable bonds is 62. The van der Waals surface area contributed by atoms with Gasteiger partial charge in [0.2, 0.25) is 0 Å². The smallest absolute Gasteiger partial charge is 0.306 e. The van der Waals surface area contributed by atoms with Gasteiger partial charge in [-0.3, -0.25) is 14.4 Å². The minimum Gasteiger partial charge on any atom is -0.462 e. The minimum absolute atomic E-state index is 0.0805. The Kier molecular flexibility index (Phi) is 62.6. The molecule has 444 valence electrons. The van der Waals surface area contributed by atoms with Crippen molar-refractivity contribution in [2.24, 2.45) is 0 Å². The van der Waals surface area contributed by atoms with Gasteiger partial charge in [-0.1, -0.05) is 320 Å². The number of carbonyl (C=O) groups is 3. The third-order valence-corrected chi connectivity index (χ3v) is 15.0. The van der Waals surface area contributed by atoms with Gasteiger partial charge in [0.05, 0.1) is 0 Å². The van der Waals surface area contributed by atoms with Crippen LogP contribution in [0.2, 0.25) is 0 Å². The molecule has 0 spiro atoms. The normalized spacial score (nSPS) is 12.3. The van der Waals surface area contributed by atoms with Crippen molar-refractivity contribution in [1.29, 1.82) is 0 Å². The third kappa shape index (κ3) is 62.2. The van der Waals surface area contributed by atoms with Crippen molar-refractivity contribution in [1.82, 2.24) is 0 Å². The van der Waals surface area contributed by atoms with Crippen molar-refractivity contribution in [2.45, 2.75) is 367 Å². The summed E-state index contributed by atoms with van der Waals surface area (Å²) in [6, 6.07) is 0. The second-order valence-corrected chi connectivity index (χ2v) is 22.7. The SMILES string of the molecule is CCC/C=C\C/C=C\CCCCCCCC(=O)OCC(COC(=O)CCCCCCCCCCCCCCCCCCCCCCCCCCCCCCCCCC)OC(=O)CCCCCCC/C=C\C/C=C\CCC. The van der Waals surface area contributed by atoms with Gasteiger partial charge in [0.15, 0.2) is 6.10 Å². The van der Waals surface area contributed by atoms with Gasteiger partial charge in [0.25, 0.3) is 0 Å². The largest absolute Gasteiger partial charge is 0.462 e. The van der Waals surface area contributed by atoms with Crippen molar-refractivity contribution in [2.75, 3.05) is 13.2 Å². The van der Waals surface area contributed by atoms with Crippen LogP contribution in [0.4, 0.5) is 0 Å². The van der Waals surface area contributed by atoms with Gasteiger partial charge in [0, 0.05) is 19.3 Å². The lowest BCUT2D eigenvalue weighted by Gasteiger charge is -2.18. The van der Waals surface area contributed by atoms with Crippen LogP contribution in [-0.4, -0.2) is 37.2 Å². The van der Waals surface area contributed by atoms with Crippen molar-refractivity contribution in [3.05, 3.63) is 48.6 Å². The Bertz CT molecular complexity index is 1310. The molecule has 0 aliphatic carbocycles. The van der Waals surface area contributed by atoms with Gasteiger partial charge >= 0.3 is 17.9 Å². The van der Waals surface area contributed by atoms with E-state index in [2.05, 4.69) is 69.4 Å². The van der Waals surface area contributed by atoms with Crippen LogP contribution < -0.4 is 0 Å². The lowest BCUT2D eigenvalue weighted by Crippen LogP contribution is -2.30. The van der Waals surface area contributed by atoms with Crippen LogP contribution in [0.5, 0.6) is 0 Å². The highest BCUT2D eigenvalue weighted by molar-refractivity contribution is 5.71. The van der Waals surface area contributed by atoms with Crippen LogP contribution in [0.1, 0.15) is 361 Å². The highest BCUT2D eigenvalue weighted by Gasteiger charge is 2.19. The Morgan fingerprint density at radius 2 is 0.500 bits per heavy atom. The lowest BCUT2D eigenvalue weighted by molar-refractivity contribution is -0.167. The molecule has 0 aliphatic rings. The standard InChI is InChI=1S/C70H128O6/c1-4-7-10-13-16-19-22-25-26-27-28-29-30-31-32-33-34-35-36-37-38-39-40-41-42-43-46-48-51-54-57-60-63-69(72)75-66-67(76-70(73)64-61-58-55-52-49-45-24-21-18-15-12-9-6-3)65-74-68(71)62-59-56-53-50-47-44-23-20-17-14-11-8-5-2/h11-12,14-15,20-21,23-24,67H,4-10,13,16-19,22,25-66H2,1-3H3/b14-11-,15-12-,23-20-,24-21-. The van der Waals surface area contributed by atoms with E-state index in [9.17, 15) is 14.4 Å². The van der Waals surface area contributed by atoms with Gasteiger partial charge in [-0.15, -0.1) is 0 Å². The number of hydrogen-bond donors (Lipinski definition) is 0. The second-order valence-electron chi connectivity index (χ2n) is 22.7. The zero-order valence-corrected chi connectivity index (χ0v) is 51.0. The van der Waals surface area contributed by atoms with Crippen LogP contribution in [0.15, 0.2) is 48.6 Å². The third-order valence-electron chi connectivity index (χ3n) is 15.0. The van der Waals surface area contributed by atoms with E-state index in [1.165, 1.54) is 205 Å². The predicted molar refractivity (Wildman–Crippen MR) is 330 cm³/mol. The average molecular weight is 1070 g/mol. The molecule has 6 heteroatoms. The fourth-order valence-corrected chi connectivity index (χ4v) is 9.99. The molecule has 0 saturated heterocycles. The molecule has 0 aromatic carbocycles. The Labute approximate surface area is 473 Å². The summed E-state index contributed by atoms with van der Waals surface area (Å²) < 4.78 is 16.9. The van der Waals surface area contributed by atoms with Gasteiger partial charge in [-0.05, 0) is 70.6 Å². The van der Waals surface area contributed by atoms with E-state index in [-0.39, 0.29) is 31.1 Å². The molecule has 0 radical (unpaired) electrons. The number of carbonyl (C=O) groups excluding carboxylic acids is 3. The summed E-state index contributed by atoms with van der Waals surface area (Å²) in [5.41, 5.74) is 0. The van der Waals surface area contributed by atoms with E-state index in [1.807, 2.05) is 0 Å². The van der Waals surface area contributed by atoms with E-state index in [4.69, 9.17) is 14.2 Å². The second kappa shape index (κ2) is 64.9. The Morgan fingerprint density at radius 3 is 0.776 bits per heavy atom. The summed E-state index contributed by atoms with van der Waals surface area (Å²) >= 11 is 0. The minimum atomic E-state index is -0.785.